The number of anilines is 2. The molecule has 0 aliphatic carbocycles. The highest BCUT2D eigenvalue weighted by molar-refractivity contribution is 7.80. The molecule has 0 unspecified atom stereocenters. The fourth-order valence-electron chi connectivity index (χ4n) is 1.77. The van der Waals surface area contributed by atoms with Crippen molar-refractivity contribution in [3.8, 4) is 5.75 Å². The number of rotatable bonds is 4. The summed E-state index contributed by atoms with van der Waals surface area (Å²) in [7, 11) is 1.41. The molecule has 9 heteroatoms. The molecule has 0 fully saturated rings. The van der Waals surface area contributed by atoms with Crippen LogP contribution in [0.3, 0.4) is 0 Å². The van der Waals surface area contributed by atoms with Gasteiger partial charge in [0, 0.05) is 6.07 Å². The molecule has 0 saturated heterocycles. The van der Waals surface area contributed by atoms with Crippen molar-refractivity contribution in [3.05, 3.63) is 56.6 Å². The van der Waals surface area contributed by atoms with Gasteiger partial charge < -0.3 is 15.4 Å². The minimum atomic E-state index is -0.505. The Morgan fingerprint density at radius 2 is 1.91 bits per heavy atom. The topological polar surface area (TPSA) is 76.4 Å². The highest BCUT2D eigenvalue weighted by Crippen LogP contribution is 2.31. The van der Waals surface area contributed by atoms with Crippen LogP contribution in [0.1, 0.15) is 0 Å². The van der Waals surface area contributed by atoms with E-state index in [2.05, 4.69) is 10.6 Å². The fourth-order valence-corrected chi connectivity index (χ4v) is 2.34. The maximum atomic E-state index is 10.8. The van der Waals surface area contributed by atoms with Gasteiger partial charge in [0.25, 0.3) is 5.69 Å². The van der Waals surface area contributed by atoms with Crippen LogP contribution in [0.25, 0.3) is 0 Å². The molecule has 2 aromatic rings. The molecule has 0 aromatic heterocycles. The Labute approximate surface area is 147 Å². The lowest BCUT2D eigenvalue weighted by molar-refractivity contribution is -0.384. The van der Waals surface area contributed by atoms with Crippen LogP contribution in [0.2, 0.25) is 10.0 Å². The first-order valence-corrected chi connectivity index (χ1v) is 7.43. The first kappa shape index (κ1) is 17.3. The highest BCUT2D eigenvalue weighted by atomic mass is 35.5. The molecule has 0 aliphatic rings. The summed E-state index contributed by atoms with van der Waals surface area (Å²) in [4.78, 5) is 10.3. The zero-order chi connectivity index (χ0) is 17.0. The average molecular weight is 372 g/mol. The summed E-state index contributed by atoms with van der Waals surface area (Å²) in [5.74, 6) is 0.292. The van der Waals surface area contributed by atoms with Crippen LogP contribution < -0.4 is 15.4 Å². The number of nitro benzene ring substituents is 1. The predicted molar refractivity (Wildman–Crippen MR) is 96.0 cm³/mol. The monoisotopic (exact) mass is 371 g/mol. The number of ether oxygens (including phenoxy) is 1. The van der Waals surface area contributed by atoms with Gasteiger partial charge in [0.1, 0.15) is 5.75 Å². The van der Waals surface area contributed by atoms with E-state index in [4.69, 9.17) is 40.2 Å². The number of non-ortho nitro benzene ring substituents is 1. The zero-order valence-corrected chi connectivity index (χ0v) is 14.1. The SMILES string of the molecule is COc1cc([N+](=O)[O-])ccc1NC(=S)Nc1cccc(Cl)c1Cl. The van der Waals surface area contributed by atoms with Crippen LogP contribution >= 0.6 is 35.4 Å². The summed E-state index contributed by atoms with van der Waals surface area (Å²) in [6.45, 7) is 0. The molecule has 2 rings (SSSR count). The van der Waals surface area contributed by atoms with Gasteiger partial charge in [-0.1, -0.05) is 29.3 Å². The molecule has 23 heavy (non-hydrogen) atoms. The summed E-state index contributed by atoms with van der Waals surface area (Å²) in [5, 5.41) is 17.5. The lowest BCUT2D eigenvalue weighted by Gasteiger charge is -2.14. The van der Waals surface area contributed by atoms with E-state index in [0.717, 1.165) is 0 Å². The van der Waals surface area contributed by atoms with Gasteiger partial charge in [0.15, 0.2) is 5.11 Å². The Balaban J connectivity index is 2.17. The van der Waals surface area contributed by atoms with Gasteiger partial charge in [-0.15, -0.1) is 0 Å². The molecule has 0 aliphatic heterocycles. The minimum Gasteiger partial charge on any atom is -0.494 e. The molecule has 2 aromatic carbocycles. The van der Waals surface area contributed by atoms with Crippen molar-refractivity contribution in [3.63, 3.8) is 0 Å². The maximum absolute atomic E-state index is 10.8. The molecule has 0 spiro atoms. The summed E-state index contributed by atoms with van der Waals surface area (Å²) in [5.41, 5.74) is 0.940. The maximum Gasteiger partial charge on any atom is 0.273 e. The third-order valence-electron chi connectivity index (χ3n) is 2.84. The lowest BCUT2D eigenvalue weighted by atomic mass is 10.2. The van der Waals surface area contributed by atoms with Gasteiger partial charge in [0.05, 0.1) is 39.5 Å². The van der Waals surface area contributed by atoms with E-state index in [1.54, 1.807) is 18.2 Å². The van der Waals surface area contributed by atoms with Gasteiger partial charge in [-0.25, -0.2) is 0 Å². The third kappa shape index (κ3) is 4.22. The van der Waals surface area contributed by atoms with Crippen molar-refractivity contribution in [1.29, 1.82) is 0 Å². The lowest BCUT2D eigenvalue weighted by Crippen LogP contribution is -2.19. The van der Waals surface area contributed by atoms with Crippen LogP contribution in [-0.4, -0.2) is 17.1 Å². The van der Waals surface area contributed by atoms with E-state index < -0.39 is 4.92 Å². The van der Waals surface area contributed by atoms with Crippen LogP contribution in [0.15, 0.2) is 36.4 Å². The molecule has 0 saturated carbocycles. The Kier molecular flexibility index (Phi) is 5.59. The molecule has 0 heterocycles. The van der Waals surface area contributed by atoms with Crippen LogP contribution in [0.4, 0.5) is 17.1 Å². The van der Waals surface area contributed by atoms with Crippen molar-refractivity contribution in [2.24, 2.45) is 0 Å². The second-order valence-electron chi connectivity index (χ2n) is 4.32. The van der Waals surface area contributed by atoms with Gasteiger partial charge >= 0.3 is 0 Å². The van der Waals surface area contributed by atoms with E-state index in [0.29, 0.717) is 27.2 Å². The summed E-state index contributed by atoms with van der Waals surface area (Å²) in [6.07, 6.45) is 0. The summed E-state index contributed by atoms with van der Waals surface area (Å²) in [6, 6.07) is 9.26. The Morgan fingerprint density at radius 1 is 1.22 bits per heavy atom. The first-order valence-electron chi connectivity index (χ1n) is 6.27. The van der Waals surface area contributed by atoms with Crippen molar-refractivity contribution in [2.45, 2.75) is 0 Å². The molecule has 0 amide bonds. The third-order valence-corrected chi connectivity index (χ3v) is 3.87. The highest BCUT2D eigenvalue weighted by Gasteiger charge is 2.13. The van der Waals surface area contributed by atoms with Crippen molar-refractivity contribution in [2.75, 3.05) is 17.7 Å². The van der Waals surface area contributed by atoms with E-state index in [1.807, 2.05) is 0 Å². The van der Waals surface area contributed by atoms with Gasteiger partial charge in [-0.2, -0.15) is 0 Å². The van der Waals surface area contributed by atoms with Gasteiger partial charge in [-0.05, 0) is 30.4 Å². The number of nitro groups is 1. The fraction of sp³-hybridized carbons (Fsp3) is 0.0714. The Hall–Kier alpha value is -2.09. The van der Waals surface area contributed by atoms with Gasteiger partial charge in [0.2, 0.25) is 0 Å². The number of halogens is 2. The molecular formula is C14H11Cl2N3O3S. The van der Waals surface area contributed by atoms with Crippen molar-refractivity contribution >= 4 is 57.6 Å². The van der Waals surface area contributed by atoms with E-state index in [9.17, 15) is 10.1 Å². The summed E-state index contributed by atoms with van der Waals surface area (Å²) < 4.78 is 5.13. The quantitative estimate of drug-likeness (QED) is 0.460. The number of nitrogens with zero attached hydrogens (tertiary/aromatic N) is 1. The largest absolute Gasteiger partial charge is 0.494 e. The van der Waals surface area contributed by atoms with E-state index >= 15 is 0 Å². The Morgan fingerprint density at radius 3 is 2.57 bits per heavy atom. The molecule has 2 N–H and O–H groups in total. The zero-order valence-electron chi connectivity index (χ0n) is 11.8. The first-order chi connectivity index (χ1) is 10.9. The number of hydrogen-bond acceptors (Lipinski definition) is 4. The van der Waals surface area contributed by atoms with Crippen LogP contribution in [-0.2, 0) is 0 Å². The van der Waals surface area contributed by atoms with Crippen molar-refractivity contribution in [1.82, 2.24) is 0 Å². The number of nitrogens with one attached hydrogen (secondary N) is 2. The van der Waals surface area contributed by atoms with Crippen LogP contribution in [0.5, 0.6) is 5.75 Å². The normalized spacial score (nSPS) is 10.0. The minimum absolute atomic E-state index is 0.0795. The second kappa shape index (κ2) is 7.45. The molecule has 0 bridgehead atoms. The molecular weight excluding hydrogens is 361 g/mol. The summed E-state index contributed by atoms with van der Waals surface area (Å²) >= 11 is 17.2. The smallest absolute Gasteiger partial charge is 0.273 e. The second-order valence-corrected chi connectivity index (χ2v) is 5.52. The average Bonchev–Trinajstić information content (AvgIpc) is 2.52. The van der Waals surface area contributed by atoms with E-state index in [-0.39, 0.29) is 10.8 Å². The molecule has 6 nitrogen and oxygen atoms in total. The molecule has 0 radical (unpaired) electrons. The predicted octanol–water partition coefficient (Wildman–Crippen LogP) is 4.72. The van der Waals surface area contributed by atoms with Gasteiger partial charge in [-0.3, -0.25) is 10.1 Å². The molecule has 120 valence electrons. The van der Waals surface area contributed by atoms with Crippen molar-refractivity contribution < 1.29 is 9.66 Å². The Bertz CT molecular complexity index is 771. The molecule has 0 atom stereocenters. The number of thiocarbonyl (C=S) groups is 1. The number of benzene rings is 2. The number of hydrogen-bond donors (Lipinski definition) is 2. The standard InChI is InChI=1S/C14H11Cl2N3O3S/c1-22-12-7-8(19(20)21)5-6-10(12)17-14(23)18-11-4-2-3-9(15)13(11)16/h2-7H,1H3,(H2,17,18,23). The van der Waals surface area contributed by atoms with Crippen LogP contribution in [0, 0.1) is 10.1 Å². The number of methoxy groups -OCH3 is 1. The van der Waals surface area contributed by atoms with E-state index in [1.165, 1.54) is 25.3 Å².